The number of likely N-dealkylation sites (N-methyl/N-ethyl adjacent to an activating group) is 1. The number of aromatic carboxylic acids is 1. The minimum atomic E-state index is -0.879. The fraction of sp³-hybridized carbons (Fsp3) is 0.176. The summed E-state index contributed by atoms with van der Waals surface area (Å²) in [5.74, 6) is -0.742. The first kappa shape index (κ1) is 16.6. The van der Waals surface area contributed by atoms with E-state index in [9.17, 15) is 9.59 Å². The van der Waals surface area contributed by atoms with Gasteiger partial charge in [-0.2, -0.15) is 0 Å². The van der Waals surface area contributed by atoms with Gasteiger partial charge < -0.3 is 10.4 Å². The molecule has 2 aromatic carbocycles. The van der Waals surface area contributed by atoms with Gasteiger partial charge in [-0.05, 0) is 26.1 Å². The van der Waals surface area contributed by atoms with Crippen LogP contribution in [0, 0.1) is 0 Å². The topological polar surface area (TPSA) is 66.4 Å². The molecule has 0 fully saturated rings. The number of carbonyl (C=O) groups is 2. The van der Waals surface area contributed by atoms with Crippen molar-refractivity contribution in [3.8, 4) is 0 Å². The smallest absolute Gasteiger partial charge is 0.335 e. The van der Waals surface area contributed by atoms with Crippen molar-refractivity contribution in [1.29, 1.82) is 0 Å². The van der Waals surface area contributed by atoms with E-state index in [2.05, 4.69) is 5.32 Å². The molecule has 2 N–H and O–H groups in total. The first-order valence-corrected chi connectivity index (χ1v) is 6.61. The van der Waals surface area contributed by atoms with Crippen molar-refractivity contribution in [3.05, 3.63) is 71.8 Å². The molecular weight excluding hydrogens is 266 g/mol. The zero-order valence-electron chi connectivity index (χ0n) is 12.1. The van der Waals surface area contributed by atoms with Gasteiger partial charge in [-0.25, -0.2) is 4.79 Å². The Morgan fingerprint density at radius 2 is 1.33 bits per heavy atom. The lowest BCUT2D eigenvalue weighted by molar-refractivity contribution is 0.0696. The monoisotopic (exact) mass is 285 g/mol. The third-order valence-corrected chi connectivity index (χ3v) is 2.91. The number of hydrogen-bond donors (Lipinski definition) is 2. The van der Waals surface area contributed by atoms with Gasteiger partial charge in [0, 0.05) is 5.56 Å². The Balaban J connectivity index is 0.000000219. The van der Waals surface area contributed by atoms with Gasteiger partial charge in [0.05, 0.1) is 11.6 Å². The predicted octanol–water partition coefficient (Wildman–Crippen LogP) is 2.86. The van der Waals surface area contributed by atoms with Crippen molar-refractivity contribution in [2.24, 2.45) is 0 Å². The van der Waals surface area contributed by atoms with E-state index in [-0.39, 0.29) is 11.8 Å². The first-order valence-electron chi connectivity index (χ1n) is 6.61. The van der Waals surface area contributed by atoms with Gasteiger partial charge in [0.25, 0.3) is 0 Å². The number of carboxylic acid groups (broad SMARTS) is 1. The van der Waals surface area contributed by atoms with E-state index >= 15 is 0 Å². The summed E-state index contributed by atoms with van der Waals surface area (Å²) in [6, 6.07) is 17.5. The van der Waals surface area contributed by atoms with Crippen molar-refractivity contribution >= 4 is 11.8 Å². The molecule has 4 nitrogen and oxygen atoms in total. The summed E-state index contributed by atoms with van der Waals surface area (Å²) in [6.45, 7) is 1.86. The van der Waals surface area contributed by atoms with Crippen molar-refractivity contribution in [2.45, 2.75) is 13.0 Å². The SMILES string of the molecule is CNC(C)C(=O)c1ccccc1.O=C(O)c1ccccc1. The van der Waals surface area contributed by atoms with E-state index in [1.807, 2.05) is 37.3 Å². The van der Waals surface area contributed by atoms with E-state index < -0.39 is 5.97 Å². The highest BCUT2D eigenvalue weighted by Crippen LogP contribution is 2.02. The lowest BCUT2D eigenvalue weighted by atomic mass is 10.1. The summed E-state index contributed by atoms with van der Waals surface area (Å²) < 4.78 is 0. The average molecular weight is 285 g/mol. The molecule has 1 atom stereocenters. The molecule has 0 aliphatic heterocycles. The summed E-state index contributed by atoms with van der Waals surface area (Å²) in [7, 11) is 1.78. The predicted molar refractivity (Wildman–Crippen MR) is 82.7 cm³/mol. The molecule has 0 radical (unpaired) electrons. The quantitative estimate of drug-likeness (QED) is 0.848. The van der Waals surface area contributed by atoms with E-state index in [0.29, 0.717) is 5.56 Å². The molecule has 0 heterocycles. The molecule has 0 bridgehead atoms. The number of carboxylic acids is 1. The van der Waals surface area contributed by atoms with Crippen LogP contribution in [0.3, 0.4) is 0 Å². The average Bonchev–Trinajstić information content (AvgIpc) is 2.55. The van der Waals surface area contributed by atoms with Crippen LogP contribution in [0.15, 0.2) is 60.7 Å². The first-order chi connectivity index (χ1) is 10.1. The van der Waals surface area contributed by atoms with Crippen LogP contribution in [0.2, 0.25) is 0 Å². The fourth-order valence-corrected chi connectivity index (χ4v) is 1.56. The standard InChI is InChI=1S/C10H13NO.C7H6O2/c1-8(11-2)10(12)9-6-4-3-5-7-9;8-7(9)6-4-2-1-3-5-6/h3-8,11H,1-2H3;1-5H,(H,8,9). The molecule has 110 valence electrons. The summed E-state index contributed by atoms with van der Waals surface area (Å²) in [5, 5.41) is 11.3. The minimum Gasteiger partial charge on any atom is -0.478 e. The van der Waals surface area contributed by atoms with Crippen LogP contribution in [0.1, 0.15) is 27.6 Å². The number of hydrogen-bond acceptors (Lipinski definition) is 3. The molecule has 21 heavy (non-hydrogen) atoms. The Morgan fingerprint density at radius 3 is 1.67 bits per heavy atom. The Kier molecular flexibility index (Phi) is 6.84. The Morgan fingerprint density at radius 1 is 0.905 bits per heavy atom. The molecule has 0 amide bonds. The third-order valence-electron chi connectivity index (χ3n) is 2.91. The molecule has 2 aromatic rings. The van der Waals surface area contributed by atoms with Crippen LogP contribution >= 0.6 is 0 Å². The largest absolute Gasteiger partial charge is 0.478 e. The number of carbonyl (C=O) groups excluding carboxylic acids is 1. The van der Waals surface area contributed by atoms with Gasteiger partial charge in [-0.15, -0.1) is 0 Å². The number of benzene rings is 2. The highest BCUT2D eigenvalue weighted by Gasteiger charge is 2.11. The van der Waals surface area contributed by atoms with Crippen LogP contribution in [-0.2, 0) is 0 Å². The lowest BCUT2D eigenvalue weighted by Crippen LogP contribution is -2.30. The molecular formula is C17H19NO3. The second-order valence-corrected chi connectivity index (χ2v) is 4.41. The lowest BCUT2D eigenvalue weighted by Gasteiger charge is -2.07. The molecule has 0 saturated heterocycles. The molecule has 2 rings (SSSR count). The van der Waals surface area contributed by atoms with Gasteiger partial charge in [0.15, 0.2) is 5.78 Å². The highest BCUT2D eigenvalue weighted by molar-refractivity contribution is 5.99. The Hall–Kier alpha value is -2.46. The molecule has 0 aromatic heterocycles. The minimum absolute atomic E-state index is 0.104. The molecule has 4 heteroatoms. The van der Waals surface area contributed by atoms with Crippen molar-refractivity contribution < 1.29 is 14.7 Å². The van der Waals surface area contributed by atoms with Gasteiger partial charge >= 0.3 is 5.97 Å². The van der Waals surface area contributed by atoms with Crippen LogP contribution < -0.4 is 5.32 Å². The Bertz CT molecular complexity index is 567. The molecule has 0 aliphatic carbocycles. The maximum absolute atomic E-state index is 11.5. The number of Topliss-reactive ketones (excluding diaryl/α,β-unsaturated/α-hetero) is 1. The van der Waals surface area contributed by atoms with E-state index in [1.54, 1.807) is 37.4 Å². The summed E-state index contributed by atoms with van der Waals surface area (Å²) in [6.07, 6.45) is 0. The van der Waals surface area contributed by atoms with Crippen LogP contribution in [0.25, 0.3) is 0 Å². The maximum Gasteiger partial charge on any atom is 0.335 e. The second kappa shape index (κ2) is 8.66. The molecule has 1 unspecified atom stereocenters. The van der Waals surface area contributed by atoms with Gasteiger partial charge in [0.2, 0.25) is 0 Å². The van der Waals surface area contributed by atoms with Gasteiger partial charge in [0.1, 0.15) is 0 Å². The maximum atomic E-state index is 11.5. The Labute approximate surface area is 124 Å². The van der Waals surface area contributed by atoms with Crippen molar-refractivity contribution in [1.82, 2.24) is 5.32 Å². The van der Waals surface area contributed by atoms with E-state index in [4.69, 9.17) is 5.11 Å². The highest BCUT2D eigenvalue weighted by atomic mass is 16.4. The van der Waals surface area contributed by atoms with Crippen LogP contribution in [0.5, 0.6) is 0 Å². The van der Waals surface area contributed by atoms with Crippen molar-refractivity contribution in [2.75, 3.05) is 7.05 Å². The zero-order chi connectivity index (χ0) is 15.7. The number of ketones is 1. The van der Waals surface area contributed by atoms with Crippen LogP contribution in [0.4, 0.5) is 0 Å². The van der Waals surface area contributed by atoms with E-state index in [0.717, 1.165) is 5.56 Å². The second-order valence-electron chi connectivity index (χ2n) is 4.41. The van der Waals surface area contributed by atoms with E-state index in [1.165, 1.54) is 0 Å². The molecule has 0 aliphatic rings. The molecule has 0 spiro atoms. The number of rotatable bonds is 4. The summed E-state index contributed by atoms with van der Waals surface area (Å²) in [5.41, 5.74) is 1.09. The normalized spacial score (nSPS) is 11.0. The van der Waals surface area contributed by atoms with Crippen LogP contribution in [-0.4, -0.2) is 29.9 Å². The number of nitrogens with one attached hydrogen (secondary N) is 1. The van der Waals surface area contributed by atoms with Gasteiger partial charge in [-0.3, -0.25) is 4.79 Å². The molecule has 0 saturated carbocycles. The van der Waals surface area contributed by atoms with Gasteiger partial charge in [-0.1, -0.05) is 48.5 Å². The van der Waals surface area contributed by atoms with Crippen molar-refractivity contribution in [3.63, 3.8) is 0 Å². The summed E-state index contributed by atoms with van der Waals surface area (Å²) in [4.78, 5) is 21.7. The zero-order valence-corrected chi connectivity index (χ0v) is 12.1. The third kappa shape index (κ3) is 5.58. The summed E-state index contributed by atoms with van der Waals surface area (Å²) >= 11 is 0. The fourth-order valence-electron chi connectivity index (χ4n) is 1.56.